The molecule has 1 atom stereocenters. The normalized spacial score (nSPS) is 20.5. The van der Waals surface area contributed by atoms with Crippen LogP contribution in [0.2, 0.25) is 0 Å². The van der Waals surface area contributed by atoms with Gasteiger partial charge >= 0.3 is 0 Å². The SMILES string of the molecule is CC(C)Oc1ccc(C(=O)NC2CCC23CCN(C(=O)c2ccc(OCC4CC4)c(F)c2)CC3)c(F)c1. The molecular weight excluding hydrogens is 478 g/mol. The summed E-state index contributed by atoms with van der Waals surface area (Å²) in [4.78, 5) is 27.6. The number of amides is 2. The molecule has 1 unspecified atom stereocenters. The summed E-state index contributed by atoms with van der Waals surface area (Å²) in [5.41, 5.74) is 0.207. The van der Waals surface area contributed by atoms with Gasteiger partial charge in [-0.1, -0.05) is 0 Å². The largest absolute Gasteiger partial charge is 0.491 e. The molecule has 0 radical (unpaired) electrons. The Bertz CT molecular complexity index is 1170. The Morgan fingerprint density at radius 2 is 1.78 bits per heavy atom. The Hall–Kier alpha value is -3.16. The number of hydrogen-bond donors (Lipinski definition) is 1. The van der Waals surface area contributed by atoms with E-state index in [4.69, 9.17) is 9.47 Å². The van der Waals surface area contributed by atoms with Crippen molar-refractivity contribution in [1.29, 1.82) is 0 Å². The van der Waals surface area contributed by atoms with Crippen molar-refractivity contribution < 1.29 is 27.8 Å². The number of benzene rings is 2. The van der Waals surface area contributed by atoms with E-state index in [1.165, 1.54) is 24.3 Å². The van der Waals surface area contributed by atoms with E-state index in [2.05, 4.69) is 5.32 Å². The number of likely N-dealkylation sites (tertiary alicyclic amines) is 1. The molecule has 2 aromatic rings. The molecule has 2 aromatic carbocycles. The topological polar surface area (TPSA) is 67.9 Å². The van der Waals surface area contributed by atoms with Crippen molar-refractivity contribution in [2.75, 3.05) is 19.7 Å². The van der Waals surface area contributed by atoms with Crippen LogP contribution >= 0.6 is 0 Å². The van der Waals surface area contributed by atoms with Crippen LogP contribution in [0.5, 0.6) is 11.5 Å². The van der Waals surface area contributed by atoms with E-state index >= 15 is 0 Å². The van der Waals surface area contributed by atoms with Gasteiger partial charge in [0.2, 0.25) is 0 Å². The van der Waals surface area contributed by atoms with Gasteiger partial charge in [0.15, 0.2) is 11.6 Å². The van der Waals surface area contributed by atoms with Crippen molar-refractivity contribution in [2.24, 2.45) is 11.3 Å². The summed E-state index contributed by atoms with van der Waals surface area (Å²) in [7, 11) is 0. The second kappa shape index (κ2) is 10.3. The van der Waals surface area contributed by atoms with Gasteiger partial charge in [-0.15, -0.1) is 0 Å². The first-order valence-electron chi connectivity index (χ1n) is 13.2. The fourth-order valence-corrected chi connectivity index (χ4v) is 5.36. The number of piperidine rings is 1. The van der Waals surface area contributed by atoms with Gasteiger partial charge in [-0.3, -0.25) is 9.59 Å². The summed E-state index contributed by atoms with van der Waals surface area (Å²) in [5, 5.41) is 3.02. The highest BCUT2D eigenvalue weighted by molar-refractivity contribution is 5.95. The van der Waals surface area contributed by atoms with Crippen LogP contribution in [0.4, 0.5) is 8.78 Å². The maximum absolute atomic E-state index is 14.6. The van der Waals surface area contributed by atoms with Crippen LogP contribution < -0.4 is 14.8 Å². The molecule has 0 bridgehead atoms. The van der Waals surface area contributed by atoms with Crippen molar-refractivity contribution in [3.05, 3.63) is 59.2 Å². The smallest absolute Gasteiger partial charge is 0.254 e. The minimum atomic E-state index is -0.611. The molecule has 5 rings (SSSR count). The number of halogens is 2. The van der Waals surface area contributed by atoms with Gasteiger partial charge in [0, 0.05) is 30.8 Å². The van der Waals surface area contributed by atoms with E-state index in [0.717, 1.165) is 38.5 Å². The highest BCUT2D eigenvalue weighted by Gasteiger charge is 2.49. The van der Waals surface area contributed by atoms with E-state index in [9.17, 15) is 18.4 Å². The van der Waals surface area contributed by atoms with Crippen LogP contribution in [-0.4, -0.2) is 48.6 Å². The fourth-order valence-electron chi connectivity index (χ4n) is 5.36. The zero-order chi connectivity index (χ0) is 26.2. The number of carbonyl (C=O) groups is 2. The predicted molar refractivity (Wildman–Crippen MR) is 135 cm³/mol. The Balaban J connectivity index is 1.16. The Morgan fingerprint density at radius 1 is 1.03 bits per heavy atom. The molecule has 1 saturated heterocycles. The summed E-state index contributed by atoms with van der Waals surface area (Å²) in [5.74, 6) is -0.665. The number of rotatable bonds is 8. The van der Waals surface area contributed by atoms with Crippen molar-refractivity contribution in [1.82, 2.24) is 10.2 Å². The molecule has 1 N–H and O–H groups in total. The van der Waals surface area contributed by atoms with Crippen molar-refractivity contribution in [2.45, 2.75) is 64.5 Å². The van der Waals surface area contributed by atoms with Crippen LogP contribution in [0.25, 0.3) is 0 Å². The van der Waals surface area contributed by atoms with Crippen molar-refractivity contribution in [3.63, 3.8) is 0 Å². The maximum Gasteiger partial charge on any atom is 0.254 e. The summed E-state index contributed by atoms with van der Waals surface area (Å²) in [6, 6.07) is 8.65. The molecule has 8 heteroatoms. The second-order valence-corrected chi connectivity index (χ2v) is 10.9. The van der Waals surface area contributed by atoms with Crippen LogP contribution in [0, 0.1) is 23.0 Å². The van der Waals surface area contributed by atoms with Crippen LogP contribution in [0.15, 0.2) is 36.4 Å². The van der Waals surface area contributed by atoms with Gasteiger partial charge in [-0.2, -0.15) is 0 Å². The van der Waals surface area contributed by atoms with Crippen LogP contribution in [-0.2, 0) is 0 Å². The van der Waals surface area contributed by atoms with Gasteiger partial charge < -0.3 is 19.7 Å². The van der Waals surface area contributed by atoms with E-state index < -0.39 is 17.5 Å². The van der Waals surface area contributed by atoms with Crippen molar-refractivity contribution in [3.8, 4) is 11.5 Å². The Morgan fingerprint density at radius 3 is 2.38 bits per heavy atom. The van der Waals surface area contributed by atoms with E-state index in [1.54, 1.807) is 17.0 Å². The zero-order valence-electron chi connectivity index (χ0n) is 21.4. The Labute approximate surface area is 216 Å². The molecule has 3 fully saturated rings. The van der Waals surface area contributed by atoms with E-state index in [0.29, 0.717) is 36.9 Å². The summed E-state index contributed by atoms with van der Waals surface area (Å²) in [6.45, 7) is 5.28. The van der Waals surface area contributed by atoms with Crippen molar-refractivity contribution >= 4 is 11.8 Å². The lowest BCUT2D eigenvalue weighted by atomic mass is 9.59. The molecule has 1 heterocycles. The summed E-state index contributed by atoms with van der Waals surface area (Å²) in [6.07, 6.45) is 5.40. The standard InChI is InChI=1S/C29H34F2N2O4/c1-18(2)37-21-6-7-22(23(30)16-21)27(34)32-26-9-10-29(26)11-13-33(14-12-29)28(35)20-5-8-25(24(31)15-20)36-17-19-3-4-19/h5-8,15-16,18-19,26H,3-4,9-14,17H2,1-2H3,(H,32,34). The first kappa shape index (κ1) is 25.5. The molecule has 0 aromatic heterocycles. The third-order valence-electron chi connectivity index (χ3n) is 7.93. The molecule has 2 saturated carbocycles. The highest BCUT2D eigenvalue weighted by Crippen LogP contribution is 2.49. The van der Waals surface area contributed by atoms with Gasteiger partial charge in [0.1, 0.15) is 11.6 Å². The number of carbonyl (C=O) groups excluding carboxylic acids is 2. The quantitative estimate of drug-likeness (QED) is 0.518. The first-order valence-corrected chi connectivity index (χ1v) is 13.2. The molecule has 198 valence electrons. The third kappa shape index (κ3) is 5.58. The number of nitrogens with zero attached hydrogens (tertiary/aromatic N) is 1. The molecule has 2 aliphatic carbocycles. The van der Waals surface area contributed by atoms with Gasteiger partial charge in [-0.25, -0.2) is 8.78 Å². The van der Waals surface area contributed by atoms with Crippen LogP contribution in [0.3, 0.4) is 0 Å². The fraction of sp³-hybridized carbons (Fsp3) is 0.517. The molecule has 3 aliphatic rings. The summed E-state index contributed by atoms with van der Waals surface area (Å²) >= 11 is 0. The monoisotopic (exact) mass is 512 g/mol. The lowest BCUT2D eigenvalue weighted by Gasteiger charge is -2.54. The second-order valence-electron chi connectivity index (χ2n) is 10.9. The van der Waals surface area contributed by atoms with E-state index in [1.807, 2.05) is 13.8 Å². The lowest BCUT2D eigenvalue weighted by molar-refractivity contribution is -0.00239. The number of hydrogen-bond acceptors (Lipinski definition) is 4. The average molecular weight is 513 g/mol. The molecule has 2 amide bonds. The molecule has 1 aliphatic heterocycles. The average Bonchev–Trinajstić information content (AvgIpc) is 3.70. The Kier molecular flexibility index (Phi) is 7.10. The maximum atomic E-state index is 14.6. The predicted octanol–water partition coefficient (Wildman–Crippen LogP) is 5.36. The minimum Gasteiger partial charge on any atom is -0.491 e. The number of nitrogens with one attached hydrogen (secondary N) is 1. The lowest BCUT2D eigenvalue weighted by Crippen LogP contribution is -2.59. The number of ether oxygens (including phenoxy) is 2. The first-order chi connectivity index (χ1) is 17.7. The van der Waals surface area contributed by atoms with E-state index in [-0.39, 0.29) is 34.8 Å². The molecule has 1 spiro atoms. The highest BCUT2D eigenvalue weighted by atomic mass is 19.1. The molecule has 6 nitrogen and oxygen atoms in total. The van der Waals surface area contributed by atoms with Gasteiger partial charge in [0.05, 0.1) is 18.3 Å². The molecular formula is C29H34F2N2O4. The third-order valence-corrected chi connectivity index (χ3v) is 7.93. The summed E-state index contributed by atoms with van der Waals surface area (Å²) < 4.78 is 40.1. The minimum absolute atomic E-state index is 0.00245. The van der Waals surface area contributed by atoms with Gasteiger partial charge in [-0.05, 0) is 94.0 Å². The van der Waals surface area contributed by atoms with Crippen LogP contribution in [0.1, 0.15) is 73.1 Å². The molecule has 37 heavy (non-hydrogen) atoms. The zero-order valence-corrected chi connectivity index (χ0v) is 21.4. The van der Waals surface area contributed by atoms with Gasteiger partial charge in [0.25, 0.3) is 11.8 Å².